The van der Waals surface area contributed by atoms with Gasteiger partial charge in [0.25, 0.3) is 0 Å². The third-order valence-electron chi connectivity index (χ3n) is 4.93. The van der Waals surface area contributed by atoms with Crippen molar-refractivity contribution in [2.24, 2.45) is 11.3 Å². The maximum Gasteiger partial charge on any atom is 0.192 e. The third-order valence-corrected chi connectivity index (χ3v) is 4.93. The lowest BCUT2D eigenvalue weighted by atomic mass is 9.67. The molecule has 0 radical (unpaired) electrons. The fourth-order valence-electron chi connectivity index (χ4n) is 3.44. The first-order valence-electron chi connectivity index (χ1n) is 7.76. The van der Waals surface area contributed by atoms with Gasteiger partial charge in [0.1, 0.15) is 12.0 Å². The summed E-state index contributed by atoms with van der Waals surface area (Å²) < 4.78 is 6.50. The molecular formula is C18H24N2O. The minimum Gasteiger partial charge on any atom is -0.348 e. The Morgan fingerprint density at radius 1 is 1.10 bits per heavy atom. The zero-order valence-electron chi connectivity index (χ0n) is 13.2. The third kappa shape index (κ3) is 2.76. The molecule has 2 aliphatic rings. The van der Waals surface area contributed by atoms with Crippen LogP contribution in [0.15, 0.2) is 24.3 Å². The van der Waals surface area contributed by atoms with E-state index in [1.807, 2.05) is 12.2 Å². The second kappa shape index (κ2) is 5.66. The summed E-state index contributed by atoms with van der Waals surface area (Å²) in [6, 6.07) is 4.50. The van der Waals surface area contributed by atoms with E-state index in [0.29, 0.717) is 0 Å². The molecule has 0 aromatic carbocycles. The monoisotopic (exact) mass is 284 g/mol. The zero-order valence-corrected chi connectivity index (χ0v) is 13.2. The molecule has 0 N–H and O–H groups in total. The fourth-order valence-corrected chi connectivity index (χ4v) is 3.44. The second-order valence-corrected chi connectivity index (χ2v) is 7.16. The van der Waals surface area contributed by atoms with Crippen molar-refractivity contribution in [1.82, 2.24) is 0 Å². The summed E-state index contributed by atoms with van der Waals surface area (Å²) in [6.07, 6.45) is 12.5. The molecule has 21 heavy (non-hydrogen) atoms. The summed E-state index contributed by atoms with van der Waals surface area (Å²) in [7, 11) is 0. The van der Waals surface area contributed by atoms with Crippen molar-refractivity contribution in [1.29, 1.82) is 10.5 Å². The fraction of sp³-hybridized carbons (Fsp3) is 0.667. The average molecular weight is 284 g/mol. The van der Waals surface area contributed by atoms with E-state index < -0.39 is 11.5 Å². The summed E-state index contributed by atoms with van der Waals surface area (Å²) in [5, 5.41) is 19.2. The SMILES string of the molecule is CC(C)(C)C1(OC2(C#N)C=CC=CC2C#N)CCCCC1. The quantitative estimate of drug-likeness (QED) is 0.760. The van der Waals surface area contributed by atoms with Gasteiger partial charge in [-0.3, -0.25) is 0 Å². The molecule has 1 saturated carbocycles. The molecule has 0 bridgehead atoms. The molecule has 2 unspecified atom stereocenters. The number of nitrogens with zero attached hydrogens (tertiary/aromatic N) is 2. The van der Waals surface area contributed by atoms with Gasteiger partial charge in [0.2, 0.25) is 0 Å². The van der Waals surface area contributed by atoms with Crippen LogP contribution in [-0.4, -0.2) is 11.2 Å². The molecule has 0 aliphatic heterocycles. The van der Waals surface area contributed by atoms with Gasteiger partial charge >= 0.3 is 0 Å². The van der Waals surface area contributed by atoms with Crippen LogP contribution in [0, 0.1) is 34.0 Å². The van der Waals surface area contributed by atoms with Crippen LogP contribution in [0.4, 0.5) is 0 Å². The highest BCUT2D eigenvalue weighted by Gasteiger charge is 2.51. The summed E-state index contributed by atoms with van der Waals surface area (Å²) in [5.74, 6) is -0.548. The summed E-state index contributed by atoms with van der Waals surface area (Å²) >= 11 is 0. The molecule has 0 spiro atoms. The first-order chi connectivity index (χ1) is 9.89. The number of rotatable bonds is 2. The first kappa shape index (κ1) is 15.8. The molecule has 0 aromatic heterocycles. The van der Waals surface area contributed by atoms with Crippen LogP contribution in [-0.2, 0) is 4.74 Å². The minimum absolute atomic E-state index is 0.0632. The second-order valence-electron chi connectivity index (χ2n) is 7.16. The molecule has 0 aromatic rings. The highest BCUT2D eigenvalue weighted by atomic mass is 16.5. The molecule has 0 saturated heterocycles. The molecular weight excluding hydrogens is 260 g/mol. The lowest BCUT2D eigenvalue weighted by Crippen LogP contribution is -2.54. The predicted molar refractivity (Wildman–Crippen MR) is 82.1 cm³/mol. The smallest absolute Gasteiger partial charge is 0.192 e. The summed E-state index contributed by atoms with van der Waals surface area (Å²) in [4.78, 5) is 0. The van der Waals surface area contributed by atoms with E-state index in [4.69, 9.17) is 4.74 Å². The number of hydrogen-bond acceptors (Lipinski definition) is 3. The van der Waals surface area contributed by atoms with Gasteiger partial charge in [-0.1, -0.05) is 58.3 Å². The normalized spacial score (nSPS) is 31.4. The largest absolute Gasteiger partial charge is 0.348 e. The van der Waals surface area contributed by atoms with E-state index in [-0.39, 0.29) is 11.0 Å². The van der Waals surface area contributed by atoms with Crippen LogP contribution in [0.3, 0.4) is 0 Å². The van der Waals surface area contributed by atoms with Gasteiger partial charge in [-0.25, -0.2) is 0 Å². The molecule has 2 atom stereocenters. The molecule has 0 heterocycles. The maximum atomic E-state index is 9.74. The van der Waals surface area contributed by atoms with Gasteiger partial charge in [-0.2, -0.15) is 10.5 Å². The van der Waals surface area contributed by atoms with E-state index in [9.17, 15) is 10.5 Å². The van der Waals surface area contributed by atoms with Crippen LogP contribution in [0.2, 0.25) is 0 Å². The van der Waals surface area contributed by atoms with Crippen molar-refractivity contribution in [3.8, 4) is 12.1 Å². The number of hydrogen-bond donors (Lipinski definition) is 0. The number of ether oxygens (including phenoxy) is 1. The highest BCUT2D eigenvalue weighted by Crippen LogP contribution is 2.48. The Balaban J connectivity index is 2.40. The van der Waals surface area contributed by atoms with Gasteiger partial charge in [0, 0.05) is 0 Å². The minimum atomic E-state index is -1.16. The van der Waals surface area contributed by atoms with Crippen molar-refractivity contribution in [3.05, 3.63) is 24.3 Å². The Bertz CT molecular complexity index is 521. The van der Waals surface area contributed by atoms with Gasteiger partial charge in [0.15, 0.2) is 5.60 Å². The molecule has 3 nitrogen and oxygen atoms in total. The van der Waals surface area contributed by atoms with Crippen LogP contribution >= 0.6 is 0 Å². The van der Waals surface area contributed by atoms with Crippen molar-refractivity contribution in [2.45, 2.75) is 64.1 Å². The van der Waals surface area contributed by atoms with Crippen LogP contribution in [0.25, 0.3) is 0 Å². The van der Waals surface area contributed by atoms with Gasteiger partial charge in [-0.15, -0.1) is 0 Å². The van der Waals surface area contributed by atoms with E-state index in [2.05, 4.69) is 32.9 Å². The standard InChI is InChI=1S/C18H24N2O/c1-16(2,3)18(11-6-4-7-12-18)21-17(14-20)10-8-5-9-15(17)13-19/h5,8-10,15H,4,6-7,11-12H2,1-3H3. The lowest BCUT2D eigenvalue weighted by molar-refractivity contribution is -0.187. The van der Waals surface area contributed by atoms with Crippen molar-refractivity contribution in [2.75, 3.05) is 0 Å². The number of allylic oxidation sites excluding steroid dienone is 2. The number of nitriles is 2. The lowest BCUT2D eigenvalue weighted by Gasteiger charge is -2.51. The average Bonchev–Trinajstić information content (AvgIpc) is 2.47. The van der Waals surface area contributed by atoms with E-state index >= 15 is 0 Å². The van der Waals surface area contributed by atoms with Crippen molar-refractivity contribution < 1.29 is 4.74 Å². The van der Waals surface area contributed by atoms with E-state index in [1.54, 1.807) is 12.2 Å². The molecule has 112 valence electrons. The molecule has 0 amide bonds. The highest BCUT2D eigenvalue weighted by molar-refractivity contribution is 5.34. The van der Waals surface area contributed by atoms with Crippen molar-refractivity contribution in [3.63, 3.8) is 0 Å². The summed E-state index contributed by atoms with van der Waals surface area (Å²) in [6.45, 7) is 6.52. The Morgan fingerprint density at radius 3 is 2.29 bits per heavy atom. The van der Waals surface area contributed by atoms with E-state index in [1.165, 1.54) is 6.42 Å². The van der Waals surface area contributed by atoms with Crippen LogP contribution in [0.5, 0.6) is 0 Å². The van der Waals surface area contributed by atoms with Gasteiger partial charge in [0.05, 0.1) is 11.7 Å². The van der Waals surface area contributed by atoms with Crippen LogP contribution < -0.4 is 0 Å². The molecule has 3 heteroatoms. The Labute approximate surface area is 127 Å². The van der Waals surface area contributed by atoms with Gasteiger partial charge in [-0.05, 0) is 24.3 Å². The molecule has 1 fully saturated rings. The zero-order chi connectivity index (χ0) is 15.6. The maximum absolute atomic E-state index is 9.74. The molecule has 2 rings (SSSR count). The first-order valence-corrected chi connectivity index (χ1v) is 7.76. The Morgan fingerprint density at radius 2 is 1.76 bits per heavy atom. The topological polar surface area (TPSA) is 56.8 Å². The van der Waals surface area contributed by atoms with Gasteiger partial charge < -0.3 is 4.74 Å². The Hall–Kier alpha value is -1.58. The molecule has 2 aliphatic carbocycles. The van der Waals surface area contributed by atoms with Crippen molar-refractivity contribution >= 4 is 0 Å². The van der Waals surface area contributed by atoms with Crippen LogP contribution in [0.1, 0.15) is 52.9 Å². The van der Waals surface area contributed by atoms with E-state index in [0.717, 1.165) is 25.7 Å². The predicted octanol–water partition coefficient (Wildman–Crippen LogP) is 4.28. The summed E-state index contributed by atoms with van der Waals surface area (Å²) in [5.41, 5.74) is -1.56. The Kier molecular flexibility index (Phi) is 4.26.